The zero-order chi connectivity index (χ0) is 15.4. The minimum Gasteiger partial charge on any atom is -0.347 e. The highest BCUT2D eigenvalue weighted by molar-refractivity contribution is 7.09. The zero-order valence-electron chi connectivity index (χ0n) is 12.8. The summed E-state index contributed by atoms with van der Waals surface area (Å²) in [6, 6.07) is 8.54. The van der Waals surface area contributed by atoms with Crippen LogP contribution in [0.3, 0.4) is 0 Å². The van der Waals surface area contributed by atoms with E-state index < -0.39 is 0 Å². The van der Waals surface area contributed by atoms with Gasteiger partial charge in [0.05, 0.1) is 6.04 Å². The molecule has 2 heterocycles. The largest absolute Gasteiger partial charge is 0.347 e. The Hall–Kier alpha value is -1.72. The number of nitrogens with one attached hydrogen (secondary N) is 1. The van der Waals surface area contributed by atoms with Crippen LogP contribution in [0.5, 0.6) is 0 Å². The average molecular weight is 315 g/mol. The third kappa shape index (κ3) is 3.54. The van der Waals surface area contributed by atoms with Gasteiger partial charge in [0.2, 0.25) is 5.91 Å². The maximum Gasteiger partial charge on any atom is 0.221 e. The maximum absolute atomic E-state index is 12.2. The number of thiazole rings is 1. The smallest absolute Gasteiger partial charge is 0.221 e. The molecule has 0 bridgehead atoms. The molecule has 3 rings (SSSR count). The van der Waals surface area contributed by atoms with Gasteiger partial charge in [-0.25, -0.2) is 4.98 Å². The van der Waals surface area contributed by atoms with Crippen molar-refractivity contribution >= 4 is 17.2 Å². The van der Waals surface area contributed by atoms with Crippen LogP contribution in [0.2, 0.25) is 0 Å². The normalized spacial score (nSPS) is 15.5. The monoisotopic (exact) mass is 315 g/mol. The summed E-state index contributed by atoms with van der Waals surface area (Å²) in [7, 11) is 0. The Labute approximate surface area is 135 Å². The van der Waals surface area contributed by atoms with E-state index in [4.69, 9.17) is 0 Å². The molecule has 0 saturated heterocycles. The van der Waals surface area contributed by atoms with Crippen LogP contribution in [0.4, 0.5) is 0 Å². The van der Waals surface area contributed by atoms with Gasteiger partial charge in [0.1, 0.15) is 5.01 Å². The Morgan fingerprint density at radius 1 is 1.36 bits per heavy atom. The summed E-state index contributed by atoms with van der Waals surface area (Å²) in [6.45, 7) is 4.78. The van der Waals surface area contributed by atoms with Crippen LogP contribution in [0.25, 0.3) is 0 Å². The number of fused-ring (bicyclic) bond motifs is 1. The number of nitrogens with zero attached hydrogens (tertiary/aromatic N) is 2. The summed E-state index contributed by atoms with van der Waals surface area (Å²) in [6.07, 6.45) is 3.19. The molecule has 0 fully saturated rings. The van der Waals surface area contributed by atoms with E-state index in [1.165, 1.54) is 11.1 Å². The van der Waals surface area contributed by atoms with Crippen molar-refractivity contribution in [3.8, 4) is 0 Å². The van der Waals surface area contributed by atoms with Crippen molar-refractivity contribution in [2.45, 2.75) is 38.9 Å². The molecule has 1 aromatic carbocycles. The third-order valence-corrected chi connectivity index (χ3v) is 4.94. The first kappa shape index (κ1) is 15.2. The highest BCUT2D eigenvalue weighted by Crippen LogP contribution is 2.22. The van der Waals surface area contributed by atoms with Crippen molar-refractivity contribution in [1.29, 1.82) is 0 Å². The van der Waals surface area contributed by atoms with Crippen LogP contribution in [-0.2, 0) is 17.9 Å². The average Bonchev–Trinajstić information content (AvgIpc) is 3.19. The molecule has 1 aromatic heterocycles. The number of aromatic nitrogens is 1. The standard InChI is InChI=1S/C17H21N3OS/c1-2-15(17-18-8-10-22-17)19-16(21)7-9-20-11-13-5-3-4-6-14(13)12-20/h3-6,8,10,15H,2,7,9,11-12H2,1H3,(H,19,21). The number of rotatable bonds is 6. The quantitative estimate of drug-likeness (QED) is 0.891. The molecular weight excluding hydrogens is 294 g/mol. The van der Waals surface area contributed by atoms with Gasteiger partial charge in [-0.15, -0.1) is 11.3 Å². The number of carbonyl (C=O) groups is 1. The molecule has 0 aliphatic carbocycles. The summed E-state index contributed by atoms with van der Waals surface area (Å²) >= 11 is 1.60. The van der Waals surface area contributed by atoms with Crippen LogP contribution in [0, 0.1) is 0 Å². The molecule has 0 saturated carbocycles. The first-order valence-electron chi connectivity index (χ1n) is 7.74. The Morgan fingerprint density at radius 3 is 2.68 bits per heavy atom. The molecule has 0 spiro atoms. The second-order valence-corrected chi connectivity index (χ2v) is 6.55. The lowest BCUT2D eigenvalue weighted by Gasteiger charge is -2.17. The van der Waals surface area contributed by atoms with Crippen molar-refractivity contribution in [1.82, 2.24) is 15.2 Å². The van der Waals surface area contributed by atoms with E-state index in [0.717, 1.165) is 31.1 Å². The molecule has 2 aromatic rings. The Morgan fingerprint density at radius 2 is 2.09 bits per heavy atom. The number of benzene rings is 1. The molecule has 1 aliphatic heterocycles. The third-order valence-electron chi connectivity index (χ3n) is 4.05. The van der Waals surface area contributed by atoms with E-state index in [1.54, 1.807) is 17.5 Å². The predicted molar refractivity (Wildman–Crippen MR) is 88.5 cm³/mol. The van der Waals surface area contributed by atoms with Crippen LogP contribution < -0.4 is 5.32 Å². The highest BCUT2D eigenvalue weighted by Gasteiger charge is 2.20. The summed E-state index contributed by atoms with van der Waals surface area (Å²) in [5.74, 6) is 0.109. The summed E-state index contributed by atoms with van der Waals surface area (Å²) in [4.78, 5) is 18.8. The lowest BCUT2D eigenvalue weighted by atomic mass is 10.1. The molecule has 0 radical (unpaired) electrons. The van der Waals surface area contributed by atoms with Gasteiger partial charge in [-0.05, 0) is 17.5 Å². The molecule has 1 N–H and O–H groups in total. The Kier molecular flexibility index (Phi) is 4.85. The van der Waals surface area contributed by atoms with E-state index in [2.05, 4.69) is 46.4 Å². The lowest BCUT2D eigenvalue weighted by Crippen LogP contribution is -2.31. The first-order chi connectivity index (χ1) is 10.8. The topological polar surface area (TPSA) is 45.2 Å². The molecule has 5 heteroatoms. The lowest BCUT2D eigenvalue weighted by molar-refractivity contribution is -0.122. The molecule has 1 unspecified atom stereocenters. The van der Waals surface area contributed by atoms with Gasteiger partial charge in [-0.2, -0.15) is 0 Å². The Balaban J connectivity index is 1.47. The van der Waals surface area contributed by atoms with E-state index in [-0.39, 0.29) is 11.9 Å². The maximum atomic E-state index is 12.2. The van der Waals surface area contributed by atoms with Gasteiger partial charge in [0.15, 0.2) is 0 Å². The van der Waals surface area contributed by atoms with Gasteiger partial charge in [0, 0.05) is 37.6 Å². The van der Waals surface area contributed by atoms with Crippen molar-refractivity contribution in [2.24, 2.45) is 0 Å². The molecule has 1 aliphatic rings. The van der Waals surface area contributed by atoms with Crippen molar-refractivity contribution in [3.05, 3.63) is 52.0 Å². The zero-order valence-corrected chi connectivity index (χ0v) is 13.6. The number of amides is 1. The summed E-state index contributed by atoms with van der Waals surface area (Å²) in [5, 5.41) is 6.04. The molecule has 1 amide bonds. The van der Waals surface area contributed by atoms with Gasteiger partial charge >= 0.3 is 0 Å². The second-order valence-electron chi connectivity index (χ2n) is 5.63. The number of carbonyl (C=O) groups excluding carboxylic acids is 1. The fourth-order valence-electron chi connectivity index (χ4n) is 2.83. The molecule has 22 heavy (non-hydrogen) atoms. The predicted octanol–water partition coefficient (Wildman–Crippen LogP) is 3.12. The summed E-state index contributed by atoms with van der Waals surface area (Å²) < 4.78 is 0. The van der Waals surface area contributed by atoms with Crippen molar-refractivity contribution in [3.63, 3.8) is 0 Å². The van der Waals surface area contributed by atoms with E-state index in [0.29, 0.717) is 6.42 Å². The van der Waals surface area contributed by atoms with Gasteiger partial charge in [0.25, 0.3) is 0 Å². The highest BCUT2D eigenvalue weighted by atomic mass is 32.1. The number of hydrogen-bond acceptors (Lipinski definition) is 4. The van der Waals surface area contributed by atoms with Gasteiger partial charge in [-0.1, -0.05) is 31.2 Å². The minimum atomic E-state index is 0.0447. The van der Waals surface area contributed by atoms with Crippen LogP contribution >= 0.6 is 11.3 Å². The second kappa shape index (κ2) is 7.03. The number of hydrogen-bond donors (Lipinski definition) is 1. The fraction of sp³-hybridized carbons (Fsp3) is 0.412. The van der Waals surface area contributed by atoms with Gasteiger partial charge in [-0.3, -0.25) is 9.69 Å². The summed E-state index contributed by atoms with van der Waals surface area (Å²) in [5.41, 5.74) is 2.77. The molecule has 116 valence electrons. The van der Waals surface area contributed by atoms with Gasteiger partial charge < -0.3 is 5.32 Å². The van der Waals surface area contributed by atoms with Crippen LogP contribution in [0.15, 0.2) is 35.8 Å². The first-order valence-corrected chi connectivity index (χ1v) is 8.62. The van der Waals surface area contributed by atoms with E-state index >= 15 is 0 Å². The fourth-order valence-corrected chi connectivity index (χ4v) is 3.61. The Bertz CT molecular complexity index is 602. The van der Waals surface area contributed by atoms with E-state index in [9.17, 15) is 4.79 Å². The van der Waals surface area contributed by atoms with Crippen LogP contribution in [-0.4, -0.2) is 22.3 Å². The van der Waals surface area contributed by atoms with Crippen molar-refractivity contribution in [2.75, 3.05) is 6.54 Å². The minimum absolute atomic E-state index is 0.0447. The molecular formula is C17H21N3OS. The molecule has 4 nitrogen and oxygen atoms in total. The van der Waals surface area contributed by atoms with E-state index in [1.807, 2.05) is 5.38 Å². The van der Waals surface area contributed by atoms with Crippen LogP contribution in [0.1, 0.15) is 41.9 Å². The van der Waals surface area contributed by atoms with Crippen molar-refractivity contribution < 1.29 is 4.79 Å². The SMILES string of the molecule is CCC(NC(=O)CCN1Cc2ccccc2C1)c1nccs1. The molecule has 1 atom stereocenters.